The van der Waals surface area contributed by atoms with Crippen molar-refractivity contribution in [1.82, 2.24) is 0 Å². The molecule has 0 aromatic heterocycles. The van der Waals surface area contributed by atoms with Gasteiger partial charge < -0.3 is 24.8 Å². The Morgan fingerprint density at radius 2 is 1.88 bits per heavy atom. The highest BCUT2D eigenvalue weighted by molar-refractivity contribution is 5.95. The molecule has 0 heterocycles. The van der Waals surface area contributed by atoms with Crippen LogP contribution in [0, 0.1) is 0 Å². The molecule has 2 N–H and O–H groups in total. The average molecular weight is 330 g/mol. The Bertz CT molecular complexity index is 688. The van der Waals surface area contributed by atoms with Crippen LogP contribution in [-0.2, 0) is 4.79 Å². The van der Waals surface area contributed by atoms with E-state index in [1.165, 1.54) is 0 Å². The number of rotatable bonds is 8. The van der Waals surface area contributed by atoms with Crippen molar-refractivity contribution in [2.24, 2.45) is 0 Å². The first kappa shape index (κ1) is 17.5. The molecule has 0 bridgehead atoms. The van der Waals surface area contributed by atoms with E-state index in [-0.39, 0.29) is 12.5 Å². The number of methoxy groups -OCH3 is 2. The zero-order valence-electron chi connectivity index (χ0n) is 14.1. The number of ether oxygens (including phenoxy) is 3. The van der Waals surface area contributed by atoms with Gasteiger partial charge in [-0.25, -0.2) is 0 Å². The molecule has 0 saturated carbocycles. The monoisotopic (exact) mass is 330 g/mol. The number of carbonyl (C=O) groups excluding carboxylic acids is 1. The van der Waals surface area contributed by atoms with E-state index in [0.717, 1.165) is 11.4 Å². The summed E-state index contributed by atoms with van der Waals surface area (Å²) in [7, 11) is 3.12. The van der Waals surface area contributed by atoms with Crippen LogP contribution < -0.4 is 24.8 Å². The van der Waals surface area contributed by atoms with Gasteiger partial charge in [0, 0.05) is 17.8 Å². The van der Waals surface area contributed by atoms with Crippen molar-refractivity contribution in [2.45, 2.75) is 6.92 Å². The summed E-state index contributed by atoms with van der Waals surface area (Å²) in [5.41, 5.74) is 1.38. The quantitative estimate of drug-likeness (QED) is 0.778. The van der Waals surface area contributed by atoms with E-state index in [1.54, 1.807) is 32.4 Å². The van der Waals surface area contributed by atoms with Gasteiger partial charge in [-0.1, -0.05) is 6.07 Å². The summed E-state index contributed by atoms with van der Waals surface area (Å²) >= 11 is 0. The van der Waals surface area contributed by atoms with Gasteiger partial charge in [0.2, 0.25) is 5.91 Å². The molecule has 0 unspecified atom stereocenters. The summed E-state index contributed by atoms with van der Waals surface area (Å²) in [5, 5.41) is 5.87. The molecule has 6 nitrogen and oxygen atoms in total. The van der Waals surface area contributed by atoms with Gasteiger partial charge in [-0.05, 0) is 31.2 Å². The van der Waals surface area contributed by atoms with E-state index in [1.807, 2.05) is 31.2 Å². The van der Waals surface area contributed by atoms with Crippen LogP contribution in [0.1, 0.15) is 6.92 Å². The predicted octanol–water partition coefficient (Wildman–Crippen LogP) is 3.15. The third-order valence-electron chi connectivity index (χ3n) is 3.28. The lowest BCUT2D eigenvalue weighted by molar-refractivity contribution is -0.114. The second-order valence-corrected chi connectivity index (χ2v) is 4.93. The minimum absolute atomic E-state index is 0.121. The molecular formula is C18H22N2O4. The van der Waals surface area contributed by atoms with Crippen molar-refractivity contribution in [3.05, 3.63) is 42.5 Å². The summed E-state index contributed by atoms with van der Waals surface area (Å²) in [6.07, 6.45) is 0. The normalized spacial score (nSPS) is 9.96. The summed E-state index contributed by atoms with van der Waals surface area (Å²) in [5.74, 6) is 1.78. The molecule has 0 radical (unpaired) electrons. The zero-order chi connectivity index (χ0) is 17.4. The van der Waals surface area contributed by atoms with E-state index >= 15 is 0 Å². The summed E-state index contributed by atoms with van der Waals surface area (Å²) in [4.78, 5) is 12.2. The largest absolute Gasteiger partial charge is 0.497 e. The van der Waals surface area contributed by atoms with E-state index < -0.39 is 0 Å². The molecular weight excluding hydrogens is 308 g/mol. The smallest absolute Gasteiger partial charge is 0.243 e. The van der Waals surface area contributed by atoms with Crippen LogP contribution in [0.25, 0.3) is 0 Å². The highest BCUT2D eigenvalue weighted by atomic mass is 16.5. The number of carbonyl (C=O) groups is 1. The summed E-state index contributed by atoms with van der Waals surface area (Å²) < 4.78 is 15.8. The number of hydrogen-bond acceptors (Lipinski definition) is 5. The van der Waals surface area contributed by atoms with Crippen LogP contribution in [0.3, 0.4) is 0 Å². The zero-order valence-corrected chi connectivity index (χ0v) is 14.1. The van der Waals surface area contributed by atoms with Gasteiger partial charge in [0.1, 0.15) is 17.2 Å². The molecule has 0 saturated heterocycles. The van der Waals surface area contributed by atoms with Crippen LogP contribution >= 0.6 is 0 Å². The summed E-state index contributed by atoms with van der Waals surface area (Å²) in [6.45, 7) is 2.64. The number of anilines is 2. The standard InChI is InChI=1S/C18H22N2O4/c1-4-24-15-7-5-6-13(10-15)19-12-18(21)20-16-11-14(22-2)8-9-17(16)23-3/h5-11,19H,4,12H2,1-3H3,(H,20,21). The molecule has 24 heavy (non-hydrogen) atoms. The first-order valence-corrected chi connectivity index (χ1v) is 7.65. The Morgan fingerprint density at radius 1 is 1.04 bits per heavy atom. The van der Waals surface area contributed by atoms with Gasteiger partial charge in [0.25, 0.3) is 0 Å². The van der Waals surface area contributed by atoms with Crippen molar-refractivity contribution in [3.63, 3.8) is 0 Å². The van der Waals surface area contributed by atoms with Crippen LogP contribution in [0.5, 0.6) is 17.2 Å². The van der Waals surface area contributed by atoms with Gasteiger partial charge in [0.05, 0.1) is 33.1 Å². The van der Waals surface area contributed by atoms with Crippen molar-refractivity contribution in [3.8, 4) is 17.2 Å². The Morgan fingerprint density at radius 3 is 2.58 bits per heavy atom. The minimum atomic E-state index is -0.191. The van der Waals surface area contributed by atoms with E-state index in [4.69, 9.17) is 14.2 Å². The van der Waals surface area contributed by atoms with Crippen LogP contribution in [0.2, 0.25) is 0 Å². The summed E-state index contributed by atoms with van der Waals surface area (Å²) in [6, 6.07) is 12.7. The van der Waals surface area contributed by atoms with Gasteiger partial charge in [-0.3, -0.25) is 4.79 Å². The van der Waals surface area contributed by atoms with Crippen molar-refractivity contribution >= 4 is 17.3 Å². The minimum Gasteiger partial charge on any atom is -0.497 e. The maximum atomic E-state index is 12.2. The molecule has 0 aliphatic rings. The van der Waals surface area contributed by atoms with Crippen LogP contribution in [-0.4, -0.2) is 33.3 Å². The highest BCUT2D eigenvalue weighted by Crippen LogP contribution is 2.28. The van der Waals surface area contributed by atoms with Gasteiger partial charge in [-0.2, -0.15) is 0 Å². The molecule has 0 spiro atoms. The molecule has 1 amide bonds. The Labute approximate surface area is 141 Å². The molecule has 0 aliphatic carbocycles. The molecule has 128 valence electrons. The molecule has 0 fully saturated rings. The van der Waals surface area contributed by atoms with Crippen molar-refractivity contribution < 1.29 is 19.0 Å². The van der Waals surface area contributed by atoms with Crippen LogP contribution in [0.15, 0.2) is 42.5 Å². The lowest BCUT2D eigenvalue weighted by Gasteiger charge is -2.13. The Kier molecular flexibility index (Phi) is 6.31. The number of nitrogens with one attached hydrogen (secondary N) is 2. The van der Waals surface area contributed by atoms with Gasteiger partial charge in [0.15, 0.2) is 0 Å². The lowest BCUT2D eigenvalue weighted by Crippen LogP contribution is -2.22. The van der Waals surface area contributed by atoms with Crippen molar-refractivity contribution in [2.75, 3.05) is 38.0 Å². The molecule has 0 atom stereocenters. The average Bonchev–Trinajstić information content (AvgIpc) is 2.60. The topological polar surface area (TPSA) is 68.8 Å². The fourth-order valence-electron chi connectivity index (χ4n) is 2.15. The second kappa shape index (κ2) is 8.67. The maximum Gasteiger partial charge on any atom is 0.243 e. The predicted molar refractivity (Wildman–Crippen MR) is 94.3 cm³/mol. The fourth-order valence-corrected chi connectivity index (χ4v) is 2.15. The molecule has 6 heteroatoms. The van der Waals surface area contributed by atoms with Gasteiger partial charge in [-0.15, -0.1) is 0 Å². The van der Waals surface area contributed by atoms with Crippen LogP contribution in [0.4, 0.5) is 11.4 Å². The first-order chi connectivity index (χ1) is 11.7. The number of amides is 1. The third-order valence-corrected chi connectivity index (χ3v) is 3.28. The van der Waals surface area contributed by atoms with Crippen molar-refractivity contribution in [1.29, 1.82) is 0 Å². The van der Waals surface area contributed by atoms with Gasteiger partial charge >= 0.3 is 0 Å². The van der Waals surface area contributed by atoms with E-state index in [2.05, 4.69) is 10.6 Å². The second-order valence-electron chi connectivity index (χ2n) is 4.93. The first-order valence-electron chi connectivity index (χ1n) is 7.65. The SMILES string of the molecule is CCOc1cccc(NCC(=O)Nc2cc(OC)ccc2OC)c1. The molecule has 2 rings (SSSR count). The molecule has 2 aromatic rings. The third kappa shape index (κ3) is 4.81. The van der Waals surface area contributed by atoms with E-state index in [9.17, 15) is 4.79 Å². The molecule has 0 aliphatic heterocycles. The fraction of sp³-hybridized carbons (Fsp3) is 0.278. The Balaban J connectivity index is 1.97. The number of hydrogen-bond donors (Lipinski definition) is 2. The highest BCUT2D eigenvalue weighted by Gasteiger charge is 2.09. The maximum absolute atomic E-state index is 12.2. The molecule has 2 aromatic carbocycles. The number of benzene rings is 2. The lowest BCUT2D eigenvalue weighted by atomic mass is 10.2. The van der Waals surface area contributed by atoms with E-state index in [0.29, 0.717) is 23.8 Å². The Hall–Kier alpha value is -2.89.